The molecule has 0 radical (unpaired) electrons. The molecule has 1 aromatic carbocycles. The Bertz CT molecular complexity index is 423. The fraction of sp³-hybridized carbons (Fsp3) is 0.111. The lowest BCUT2D eigenvalue weighted by Gasteiger charge is -2.03. The summed E-state index contributed by atoms with van der Waals surface area (Å²) in [5.41, 5.74) is 0.286. The Morgan fingerprint density at radius 3 is 2.79 bits per heavy atom. The fourth-order valence-electron chi connectivity index (χ4n) is 0.918. The Labute approximate surface area is 88.9 Å². The third kappa shape index (κ3) is 1.86. The molecule has 0 saturated heterocycles. The van der Waals surface area contributed by atoms with E-state index in [-0.39, 0.29) is 16.9 Å². The number of benzene rings is 1. The number of ether oxygens (including phenoxy) is 1. The first-order valence-electron chi connectivity index (χ1n) is 3.61. The van der Waals surface area contributed by atoms with Gasteiger partial charge in [-0.15, -0.1) is 0 Å². The third-order valence-electron chi connectivity index (χ3n) is 1.61. The molecule has 0 bridgehead atoms. The average Bonchev–Trinajstić information content (AvgIpc) is 2.19. The molecule has 0 aliphatic rings. The molecule has 0 atom stereocenters. The van der Waals surface area contributed by atoms with Crippen LogP contribution in [0.5, 0.6) is 5.75 Å². The fourth-order valence-corrected chi connectivity index (χ4v) is 1.42. The Morgan fingerprint density at radius 2 is 2.29 bits per heavy atom. The molecule has 1 N–H and O–H groups in total. The van der Waals surface area contributed by atoms with E-state index in [2.05, 4.69) is 20.7 Å². The number of esters is 1. The molecule has 0 aliphatic carbocycles. The molecule has 0 amide bonds. The van der Waals surface area contributed by atoms with Gasteiger partial charge in [0.1, 0.15) is 11.8 Å². The van der Waals surface area contributed by atoms with Crippen LogP contribution in [0.15, 0.2) is 16.6 Å². The van der Waals surface area contributed by atoms with Crippen LogP contribution in [0.1, 0.15) is 15.9 Å². The van der Waals surface area contributed by atoms with Gasteiger partial charge in [-0.05, 0) is 28.1 Å². The first kappa shape index (κ1) is 10.5. The van der Waals surface area contributed by atoms with E-state index < -0.39 is 5.97 Å². The molecule has 5 heteroatoms. The van der Waals surface area contributed by atoms with E-state index in [0.717, 1.165) is 0 Å². The van der Waals surface area contributed by atoms with Crippen molar-refractivity contribution < 1.29 is 14.6 Å². The monoisotopic (exact) mass is 255 g/mol. The van der Waals surface area contributed by atoms with E-state index in [9.17, 15) is 9.90 Å². The van der Waals surface area contributed by atoms with Gasteiger partial charge in [-0.3, -0.25) is 0 Å². The molecule has 0 spiro atoms. The van der Waals surface area contributed by atoms with Crippen LogP contribution in [0.4, 0.5) is 0 Å². The molecule has 0 aromatic heterocycles. The van der Waals surface area contributed by atoms with E-state index in [1.165, 1.54) is 19.2 Å². The molecule has 0 saturated carbocycles. The number of rotatable bonds is 1. The second-order valence-corrected chi connectivity index (χ2v) is 3.31. The lowest BCUT2D eigenvalue weighted by atomic mass is 10.1. The van der Waals surface area contributed by atoms with Gasteiger partial charge in [0.2, 0.25) is 0 Å². The summed E-state index contributed by atoms with van der Waals surface area (Å²) < 4.78 is 4.90. The SMILES string of the molecule is COC(=O)c1cc(O)c(C#N)cc1Br. The molecule has 72 valence electrons. The van der Waals surface area contributed by atoms with Crippen molar-refractivity contribution in [3.63, 3.8) is 0 Å². The molecule has 0 fully saturated rings. The highest BCUT2D eigenvalue weighted by atomic mass is 79.9. The molecule has 0 aliphatic heterocycles. The summed E-state index contributed by atoms with van der Waals surface area (Å²) in [6.45, 7) is 0. The maximum absolute atomic E-state index is 11.1. The Kier molecular flexibility index (Phi) is 3.10. The summed E-state index contributed by atoms with van der Waals surface area (Å²) in [4.78, 5) is 11.1. The lowest BCUT2D eigenvalue weighted by Crippen LogP contribution is -2.02. The maximum Gasteiger partial charge on any atom is 0.339 e. The normalized spacial score (nSPS) is 9.21. The molecule has 0 unspecified atom stereocenters. The Hall–Kier alpha value is -1.54. The quantitative estimate of drug-likeness (QED) is 0.778. The van der Waals surface area contributed by atoms with E-state index in [1.54, 1.807) is 6.07 Å². The number of aromatic hydroxyl groups is 1. The predicted molar refractivity (Wildman–Crippen MR) is 51.9 cm³/mol. The topological polar surface area (TPSA) is 70.3 Å². The number of phenols is 1. The van der Waals surface area contributed by atoms with Crippen molar-refractivity contribution in [2.45, 2.75) is 0 Å². The largest absolute Gasteiger partial charge is 0.507 e. The molecule has 4 nitrogen and oxygen atoms in total. The van der Waals surface area contributed by atoms with Crippen LogP contribution in [0.25, 0.3) is 0 Å². The Balaban J connectivity index is 3.30. The number of hydrogen-bond donors (Lipinski definition) is 1. The van der Waals surface area contributed by atoms with Crippen LogP contribution < -0.4 is 0 Å². The third-order valence-corrected chi connectivity index (χ3v) is 2.27. The van der Waals surface area contributed by atoms with Crippen LogP contribution in [0, 0.1) is 11.3 Å². The zero-order chi connectivity index (χ0) is 10.7. The van der Waals surface area contributed by atoms with Gasteiger partial charge in [0, 0.05) is 4.47 Å². The average molecular weight is 256 g/mol. The van der Waals surface area contributed by atoms with Gasteiger partial charge < -0.3 is 9.84 Å². The van der Waals surface area contributed by atoms with E-state index in [0.29, 0.717) is 4.47 Å². The van der Waals surface area contributed by atoms with E-state index >= 15 is 0 Å². The van der Waals surface area contributed by atoms with Crippen molar-refractivity contribution in [1.29, 1.82) is 5.26 Å². The van der Waals surface area contributed by atoms with E-state index in [4.69, 9.17) is 5.26 Å². The number of nitriles is 1. The molecule has 1 rings (SSSR count). The summed E-state index contributed by atoms with van der Waals surface area (Å²) in [6.07, 6.45) is 0. The molecule has 14 heavy (non-hydrogen) atoms. The highest BCUT2D eigenvalue weighted by Crippen LogP contribution is 2.26. The van der Waals surface area contributed by atoms with Crippen molar-refractivity contribution in [1.82, 2.24) is 0 Å². The standard InChI is InChI=1S/C9H6BrNO3/c1-14-9(13)6-3-8(12)5(4-11)2-7(6)10/h2-3,12H,1H3. The first-order chi connectivity index (χ1) is 6.60. The summed E-state index contributed by atoms with van der Waals surface area (Å²) >= 11 is 3.10. The number of carbonyl (C=O) groups excluding carboxylic acids is 1. The minimum Gasteiger partial charge on any atom is -0.507 e. The number of nitrogens with zero attached hydrogens (tertiary/aromatic N) is 1. The Morgan fingerprint density at radius 1 is 1.64 bits per heavy atom. The van der Waals surface area contributed by atoms with Crippen LogP contribution in [-0.2, 0) is 4.74 Å². The lowest BCUT2D eigenvalue weighted by molar-refractivity contribution is 0.0599. The second-order valence-electron chi connectivity index (χ2n) is 2.45. The highest BCUT2D eigenvalue weighted by Gasteiger charge is 2.13. The molecule has 0 heterocycles. The van der Waals surface area contributed by atoms with Crippen molar-refractivity contribution in [2.24, 2.45) is 0 Å². The summed E-state index contributed by atoms with van der Waals surface area (Å²) in [5.74, 6) is -0.812. The molecular weight excluding hydrogens is 250 g/mol. The minimum absolute atomic E-state index is 0.101. The summed E-state index contributed by atoms with van der Waals surface area (Å²) in [6, 6.07) is 4.34. The highest BCUT2D eigenvalue weighted by molar-refractivity contribution is 9.10. The van der Waals surface area contributed by atoms with Gasteiger partial charge in [0.25, 0.3) is 0 Å². The van der Waals surface area contributed by atoms with E-state index in [1.807, 2.05) is 0 Å². The van der Waals surface area contributed by atoms with Gasteiger partial charge in [-0.1, -0.05) is 0 Å². The number of phenolic OH excluding ortho intramolecular Hbond substituents is 1. The summed E-state index contributed by atoms with van der Waals surface area (Å²) in [5, 5.41) is 17.9. The minimum atomic E-state index is -0.573. The van der Waals surface area contributed by atoms with Crippen molar-refractivity contribution in [3.8, 4) is 11.8 Å². The van der Waals surface area contributed by atoms with Gasteiger partial charge in [-0.25, -0.2) is 4.79 Å². The van der Waals surface area contributed by atoms with Crippen LogP contribution in [0.2, 0.25) is 0 Å². The van der Waals surface area contributed by atoms with Crippen LogP contribution >= 0.6 is 15.9 Å². The van der Waals surface area contributed by atoms with Crippen LogP contribution in [-0.4, -0.2) is 18.2 Å². The zero-order valence-corrected chi connectivity index (χ0v) is 8.83. The number of halogens is 1. The predicted octanol–water partition coefficient (Wildman–Crippen LogP) is 1.81. The van der Waals surface area contributed by atoms with Crippen molar-refractivity contribution in [3.05, 3.63) is 27.7 Å². The van der Waals surface area contributed by atoms with Crippen molar-refractivity contribution in [2.75, 3.05) is 7.11 Å². The first-order valence-corrected chi connectivity index (χ1v) is 4.40. The van der Waals surface area contributed by atoms with Gasteiger partial charge in [0.05, 0.1) is 18.2 Å². The van der Waals surface area contributed by atoms with Gasteiger partial charge in [0.15, 0.2) is 0 Å². The smallest absolute Gasteiger partial charge is 0.339 e. The molecule has 1 aromatic rings. The van der Waals surface area contributed by atoms with Crippen molar-refractivity contribution >= 4 is 21.9 Å². The molecular formula is C9H6BrNO3. The summed E-state index contributed by atoms with van der Waals surface area (Å²) in [7, 11) is 1.24. The van der Waals surface area contributed by atoms with Gasteiger partial charge in [-0.2, -0.15) is 5.26 Å². The van der Waals surface area contributed by atoms with Gasteiger partial charge >= 0.3 is 5.97 Å². The number of hydrogen-bond acceptors (Lipinski definition) is 4. The number of methoxy groups -OCH3 is 1. The zero-order valence-electron chi connectivity index (χ0n) is 7.24. The maximum atomic E-state index is 11.1. The number of carbonyl (C=O) groups is 1. The van der Waals surface area contributed by atoms with Crippen LogP contribution in [0.3, 0.4) is 0 Å². The second kappa shape index (κ2) is 4.11.